The van der Waals surface area contributed by atoms with Gasteiger partial charge in [0.25, 0.3) is 0 Å². The van der Waals surface area contributed by atoms with Crippen molar-refractivity contribution >= 4 is 21.9 Å². The topological polar surface area (TPSA) is 116 Å². The second kappa shape index (κ2) is 13.6. The Balaban J connectivity index is 0.000000310. The molecule has 0 saturated heterocycles. The van der Waals surface area contributed by atoms with Crippen LogP contribution in [0.5, 0.6) is 0 Å². The highest BCUT2D eigenvalue weighted by Crippen LogP contribution is 2.48. The summed E-state index contributed by atoms with van der Waals surface area (Å²) in [5.74, 6) is 1.24. The van der Waals surface area contributed by atoms with E-state index in [1.807, 2.05) is 43.3 Å². The molecule has 9 heteroatoms. The molecule has 1 amide bonds. The van der Waals surface area contributed by atoms with Crippen molar-refractivity contribution in [3.63, 3.8) is 0 Å². The zero-order valence-electron chi connectivity index (χ0n) is 24.6. The van der Waals surface area contributed by atoms with E-state index >= 15 is 0 Å². The van der Waals surface area contributed by atoms with Gasteiger partial charge in [-0.3, -0.25) is 14.3 Å². The monoisotopic (exact) mass is 591 g/mol. The largest absolute Gasteiger partial charge is 0.744 e. The number of carbonyl (C=O) groups excluding carboxylic acids is 1. The number of nitrogens with two attached hydrogens (primary N) is 1. The van der Waals surface area contributed by atoms with Crippen molar-refractivity contribution in [3.05, 3.63) is 102 Å². The summed E-state index contributed by atoms with van der Waals surface area (Å²) in [5, 5.41) is 0. The molecular weight excluding hydrogens is 550 g/mol. The van der Waals surface area contributed by atoms with Crippen molar-refractivity contribution in [2.45, 2.75) is 49.5 Å². The summed E-state index contributed by atoms with van der Waals surface area (Å²) in [4.78, 5) is 15.6. The number of ether oxygens (including phenoxy) is 1. The number of amidine groups is 1. The molecule has 0 bridgehead atoms. The minimum Gasteiger partial charge on any atom is -0.744 e. The molecule has 3 aromatic rings. The Hall–Kier alpha value is -3.53. The van der Waals surface area contributed by atoms with Crippen LogP contribution >= 0.6 is 0 Å². The lowest BCUT2D eigenvalue weighted by atomic mass is 9.64. The maximum atomic E-state index is 13.3. The molecule has 2 atom stereocenters. The van der Waals surface area contributed by atoms with E-state index in [1.165, 1.54) is 18.0 Å². The minimum absolute atomic E-state index is 0.167. The van der Waals surface area contributed by atoms with E-state index in [9.17, 15) is 17.8 Å². The molecule has 1 fully saturated rings. The van der Waals surface area contributed by atoms with Gasteiger partial charge in [0.2, 0.25) is 11.7 Å². The molecule has 0 unspecified atom stereocenters. The van der Waals surface area contributed by atoms with Gasteiger partial charge in [0.15, 0.2) is 0 Å². The molecule has 0 aromatic heterocycles. The maximum Gasteiger partial charge on any atom is 0.244 e. The van der Waals surface area contributed by atoms with Gasteiger partial charge in [-0.15, -0.1) is 0 Å². The van der Waals surface area contributed by atoms with Gasteiger partial charge in [-0.2, -0.15) is 0 Å². The molecule has 1 aliphatic heterocycles. The van der Waals surface area contributed by atoms with Crippen molar-refractivity contribution in [2.75, 3.05) is 33.4 Å². The van der Waals surface area contributed by atoms with Crippen molar-refractivity contribution in [1.29, 1.82) is 0 Å². The normalized spacial score (nSPS) is 19.0. The predicted molar refractivity (Wildman–Crippen MR) is 162 cm³/mol. The van der Waals surface area contributed by atoms with Crippen molar-refractivity contribution in [3.8, 4) is 0 Å². The second-order valence-electron chi connectivity index (χ2n) is 11.1. The molecule has 0 radical (unpaired) electrons. The highest BCUT2D eigenvalue weighted by Gasteiger charge is 2.52. The van der Waals surface area contributed by atoms with E-state index in [4.69, 9.17) is 10.5 Å². The van der Waals surface area contributed by atoms with Gasteiger partial charge in [-0.1, -0.05) is 78.4 Å². The number of primary amides is 1. The Kier molecular flexibility index (Phi) is 10.2. The third-order valence-corrected chi connectivity index (χ3v) is 9.51. The summed E-state index contributed by atoms with van der Waals surface area (Å²) in [7, 11) is -2.52. The average Bonchev–Trinajstić information content (AvgIpc) is 3.60. The molecular formula is C33H41N3O5S. The van der Waals surface area contributed by atoms with Gasteiger partial charge in [0.05, 0.1) is 17.5 Å². The zero-order chi connectivity index (χ0) is 30.3. The number of rotatable bonds is 9. The Morgan fingerprint density at radius 3 is 2.05 bits per heavy atom. The van der Waals surface area contributed by atoms with Crippen molar-refractivity contribution in [1.82, 2.24) is 4.90 Å². The summed E-state index contributed by atoms with van der Waals surface area (Å²) in [6.45, 7) is 7.77. The summed E-state index contributed by atoms with van der Waals surface area (Å²) >= 11 is 0. The summed E-state index contributed by atoms with van der Waals surface area (Å²) in [6, 6.07) is 26.5. The lowest BCUT2D eigenvalue weighted by Crippen LogP contribution is -2.48. The molecule has 0 spiro atoms. The van der Waals surface area contributed by atoms with E-state index in [0.29, 0.717) is 6.04 Å². The van der Waals surface area contributed by atoms with Crippen LogP contribution < -0.4 is 5.73 Å². The highest BCUT2D eigenvalue weighted by atomic mass is 32.2. The van der Waals surface area contributed by atoms with Gasteiger partial charge in [0, 0.05) is 14.0 Å². The molecule has 2 N–H and O–H groups in total. The smallest absolute Gasteiger partial charge is 0.244 e. The Morgan fingerprint density at radius 1 is 0.976 bits per heavy atom. The van der Waals surface area contributed by atoms with E-state index in [0.717, 1.165) is 62.2 Å². The summed E-state index contributed by atoms with van der Waals surface area (Å²) in [6.07, 6.45) is 3.02. The molecule has 8 nitrogen and oxygen atoms in total. The number of hydrogen-bond acceptors (Lipinski definition) is 6. The first-order valence-electron chi connectivity index (χ1n) is 14.4. The molecule has 1 saturated carbocycles. The zero-order valence-corrected chi connectivity index (χ0v) is 25.4. The molecule has 42 heavy (non-hydrogen) atoms. The first-order chi connectivity index (χ1) is 20.1. The standard InChI is InChI=1S/C26H33N3O2.C7H8O3S/c1-20-28(17-18-31-2)15-16-29(20)24-14-13-23(19-24)26(25(27)30,21-9-5-3-6-10-21)22-11-7-4-8-12-22;1-6-2-4-7(5-3-6)11(8,9)10/h3-12,23-24H,13-19H2,1-2H3,(H-,27,30);2-5H,1H3,(H,8,9,10)/t23-,24+;/m0./s1. The summed E-state index contributed by atoms with van der Waals surface area (Å²) < 4.78 is 38.8. The number of aryl methyl sites for hydroxylation is 1. The number of amides is 1. The first kappa shape index (κ1) is 31.4. The fourth-order valence-corrected chi connectivity index (χ4v) is 6.99. The van der Waals surface area contributed by atoms with Crippen LogP contribution in [0.2, 0.25) is 0 Å². The van der Waals surface area contributed by atoms with Crippen LogP contribution in [0.3, 0.4) is 0 Å². The van der Waals surface area contributed by atoms with Crippen LogP contribution in [0, 0.1) is 12.8 Å². The fraction of sp³-hybridized carbons (Fsp3) is 0.394. The second-order valence-corrected chi connectivity index (χ2v) is 12.4. The molecule has 1 aliphatic carbocycles. The molecule has 5 rings (SSSR count). The Morgan fingerprint density at radius 2 is 1.55 bits per heavy atom. The van der Waals surface area contributed by atoms with Gasteiger partial charge >= 0.3 is 0 Å². The Labute approximate surface area is 249 Å². The van der Waals surface area contributed by atoms with Crippen molar-refractivity contribution in [2.24, 2.45) is 11.7 Å². The molecule has 1 heterocycles. The van der Waals surface area contributed by atoms with Gasteiger partial charge in [-0.05, 0) is 55.4 Å². The molecule has 3 aromatic carbocycles. The van der Waals surface area contributed by atoms with Crippen LogP contribution in [0.1, 0.15) is 42.9 Å². The van der Waals surface area contributed by atoms with Crippen LogP contribution in [-0.2, 0) is 25.1 Å². The van der Waals surface area contributed by atoms with Crippen LogP contribution in [0.15, 0.2) is 89.8 Å². The van der Waals surface area contributed by atoms with Crippen molar-refractivity contribution < 1.29 is 27.1 Å². The lowest BCUT2D eigenvalue weighted by molar-refractivity contribution is -0.521. The van der Waals surface area contributed by atoms with Gasteiger partial charge < -0.3 is 15.0 Å². The third-order valence-electron chi connectivity index (χ3n) is 8.66. The maximum absolute atomic E-state index is 13.3. The SMILES string of the molecule is COCC[N+]1=C(C)N([C@@H]2CC[C@H](C(C(N)=O)(c3ccccc3)c3ccccc3)C2)CC1.Cc1ccc(S(=O)(=O)[O-])cc1. The van der Waals surface area contributed by atoms with E-state index < -0.39 is 15.5 Å². The average molecular weight is 592 g/mol. The van der Waals surface area contributed by atoms with Crippen LogP contribution in [0.4, 0.5) is 0 Å². The number of nitrogens with zero attached hydrogens (tertiary/aromatic N) is 2. The molecule has 224 valence electrons. The number of carbonyl (C=O) groups is 1. The first-order valence-corrected chi connectivity index (χ1v) is 15.8. The quantitative estimate of drug-likeness (QED) is 0.298. The highest BCUT2D eigenvalue weighted by molar-refractivity contribution is 7.85. The minimum atomic E-state index is -4.27. The predicted octanol–water partition coefficient (Wildman–Crippen LogP) is 3.92. The fourth-order valence-electron chi connectivity index (χ4n) is 6.52. The number of benzene rings is 3. The number of methoxy groups -OCH3 is 1. The van der Waals surface area contributed by atoms with Gasteiger partial charge in [0.1, 0.15) is 35.2 Å². The van der Waals surface area contributed by atoms with E-state index in [1.54, 1.807) is 19.2 Å². The van der Waals surface area contributed by atoms with E-state index in [-0.39, 0.29) is 16.7 Å². The third kappa shape index (κ3) is 6.75. The van der Waals surface area contributed by atoms with Crippen LogP contribution in [0.25, 0.3) is 0 Å². The number of hydrogen-bond donors (Lipinski definition) is 1. The lowest BCUT2D eigenvalue weighted by Gasteiger charge is -2.37. The van der Waals surface area contributed by atoms with E-state index in [2.05, 4.69) is 40.7 Å². The Bertz CT molecular complexity index is 1440. The van der Waals surface area contributed by atoms with Gasteiger partial charge in [-0.25, -0.2) is 8.42 Å². The van der Waals surface area contributed by atoms with Crippen LogP contribution in [-0.4, -0.2) is 73.6 Å². The summed E-state index contributed by atoms with van der Waals surface area (Å²) in [5.41, 5.74) is 8.37. The molecule has 2 aliphatic rings.